The van der Waals surface area contributed by atoms with Crippen LogP contribution in [0.15, 0.2) is 60.8 Å². The number of pyridine rings is 1. The van der Waals surface area contributed by atoms with E-state index in [0.717, 1.165) is 22.2 Å². The first-order valence-electron chi connectivity index (χ1n) is 8.47. The summed E-state index contributed by atoms with van der Waals surface area (Å²) >= 11 is 0. The van der Waals surface area contributed by atoms with Crippen LogP contribution in [0.4, 0.5) is 0 Å². The Morgan fingerprint density at radius 1 is 1.07 bits per heavy atom. The lowest BCUT2D eigenvalue weighted by atomic mass is 10.0. The summed E-state index contributed by atoms with van der Waals surface area (Å²) in [4.78, 5) is 29.1. The number of nitrogens with zero attached hydrogens (tertiary/aromatic N) is 1. The highest BCUT2D eigenvalue weighted by atomic mass is 16.5. The minimum absolute atomic E-state index is 0.309. The highest BCUT2D eigenvalue weighted by Gasteiger charge is 2.23. The van der Waals surface area contributed by atoms with Gasteiger partial charge in [0.2, 0.25) is 0 Å². The van der Waals surface area contributed by atoms with Crippen LogP contribution < -0.4 is 10.1 Å². The molecule has 0 saturated carbocycles. The lowest BCUT2D eigenvalue weighted by molar-refractivity contribution is -0.142. The Bertz CT molecular complexity index is 954. The number of benzene rings is 2. The number of rotatable bonds is 6. The van der Waals surface area contributed by atoms with Crippen LogP contribution in [0, 0.1) is 0 Å². The lowest BCUT2D eigenvalue weighted by Crippen LogP contribution is -2.43. The molecule has 1 aromatic heterocycles. The van der Waals surface area contributed by atoms with Crippen molar-refractivity contribution in [3.63, 3.8) is 0 Å². The van der Waals surface area contributed by atoms with Gasteiger partial charge in [-0.1, -0.05) is 30.3 Å². The number of ether oxygens (including phenoxy) is 2. The Hall–Kier alpha value is -3.41. The maximum atomic E-state index is 12.6. The maximum Gasteiger partial charge on any atom is 0.328 e. The summed E-state index contributed by atoms with van der Waals surface area (Å²) in [6.45, 7) is 0. The van der Waals surface area contributed by atoms with Crippen LogP contribution in [0.3, 0.4) is 0 Å². The second-order valence-electron chi connectivity index (χ2n) is 6.02. The number of nitrogens with one attached hydrogen (secondary N) is 1. The number of amides is 1. The molecule has 6 heteroatoms. The molecule has 0 aliphatic carbocycles. The number of hydrogen-bond acceptors (Lipinski definition) is 5. The highest BCUT2D eigenvalue weighted by Crippen LogP contribution is 2.15. The van der Waals surface area contributed by atoms with Crippen LogP contribution in [0.2, 0.25) is 0 Å². The number of methoxy groups -OCH3 is 2. The Kier molecular flexibility index (Phi) is 5.66. The van der Waals surface area contributed by atoms with Crippen molar-refractivity contribution in [1.29, 1.82) is 0 Å². The van der Waals surface area contributed by atoms with Gasteiger partial charge >= 0.3 is 5.97 Å². The van der Waals surface area contributed by atoms with Gasteiger partial charge in [-0.2, -0.15) is 0 Å². The fourth-order valence-electron chi connectivity index (χ4n) is 2.77. The van der Waals surface area contributed by atoms with Crippen molar-refractivity contribution in [3.05, 3.63) is 71.9 Å². The molecule has 0 radical (unpaired) electrons. The summed E-state index contributed by atoms with van der Waals surface area (Å²) in [5.41, 5.74) is 2.07. The van der Waals surface area contributed by atoms with Crippen molar-refractivity contribution in [3.8, 4) is 5.75 Å². The van der Waals surface area contributed by atoms with Gasteiger partial charge in [0.1, 0.15) is 11.8 Å². The van der Waals surface area contributed by atoms with Crippen LogP contribution in [0.1, 0.15) is 15.9 Å². The zero-order valence-electron chi connectivity index (χ0n) is 15.1. The van der Waals surface area contributed by atoms with E-state index in [4.69, 9.17) is 9.47 Å². The van der Waals surface area contributed by atoms with E-state index in [1.54, 1.807) is 25.3 Å². The third-order valence-electron chi connectivity index (χ3n) is 4.24. The SMILES string of the molecule is COC(=O)[C@@H](Cc1ccc(OC)cc1)NC(=O)c1cnc2ccccc2c1. The van der Waals surface area contributed by atoms with E-state index in [1.165, 1.54) is 13.3 Å². The molecule has 0 unspecified atom stereocenters. The molecule has 138 valence electrons. The first-order chi connectivity index (χ1) is 13.1. The van der Waals surface area contributed by atoms with E-state index in [1.807, 2.05) is 36.4 Å². The van der Waals surface area contributed by atoms with Gasteiger partial charge in [-0.3, -0.25) is 9.78 Å². The molecule has 3 rings (SSSR count). The Labute approximate surface area is 157 Å². The van der Waals surface area contributed by atoms with E-state index >= 15 is 0 Å². The number of aromatic nitrogens is 1. The molecule has 1 N–H and O–H groups in total. The summed E-state index contributed by atoms with van der Waals surface area (Å²) in [7, 11) is 2.89. The average Bonchev–Trinajstić information content (AvgIpc) is 2.72. The van der Waals surface area contributed by atoms with Gasteiger partial charge in [0.15, 0.2) is 0 Å². The third-order valence-corrected chi connectivity index (χ3v) is 4.24. The molecule has 3 aromatic rings. The largest absolute Gasteiger partial charge is 0.497 e. The maximum absolute atomic E-state index is 12.6. The first kappa shape index (κ1) is 18.4. The van der Waals surface area contributed by atoms with E-state index in [0.29, 0.717) is 12.0 Å². The van der Waals surface area contributed by atoms with Gasteiger partial charge in [-0.15, -0.1) is 0 Å². The molecule has 0 aliphatic rings. The van der Waals surface area contributed by atoms with Crippen LogP contribution >= 0.6 is 0 Å². The molecule has 1 heterocycles. The fraction of sp³-hybridized carbons (Fsp3) is 0.190. The van der Waals surface area contributed by atoms with Crippen molar-refractivity contribution in [2.24, 2.45) is 0 Å². The number of para-hydroxylation sites is 1. The monoisotopic (exact) mass is 364 g/mol. The molecule has 0 saturated heterocycles. The number of carbonyl (C=O) groups is 2. The smallest absolute Gasteiger partial charge is 0.328 e. The zero-order chi connectivity index (χ0) is 19.2. The van der Waals surface area contributed by atoms with Gasteiger partial charge in [0, 0.05) is 18.0 Å². The molecule has 0 fully saturated rings. The molecule has 2 aromatic carbocycles. The van der Waals surface area contributed by atoms with Gasteiger partial charge in [-0.05, 0) is 29.8 Å². The summed E-state index contributed by atoms with van der Waals surface area (Å²) in [5, 5.41) is 3.60. The normalized spacial score (nSPS) is 11.6. The Morgan fingerprint density at radius 2 is 1.81 bits per heavy atom. The van der Waals surface area contributed by atoms with E-state index in [-0.39, 0.29) is 5.91 Å². The van der Waals surface area contributed by atoms with Gasteiger partial charge in [-0.25, -0.2) is 4.79 Å². The zero-order valence-corrected chi connectivity index (χ0v) is 15.1. The second kappa shape index (κ2) is 8.31. The molecule has 0 bridgehead atoms. The van der Waals surface area contributed by atoms with Crippen molar-refractivity contribution in [1.82, 2.24) is 10.3 Å². The molecule has 0 aliphatic heterocycles. The Balaban J connectivity index is 1.77. The topological polar surface area (TPSA) is 77.5 Å². The molecule has 1 amide bonds. The van der Waals surface area contributed by atoms with Crippen LogP contribution in [0.5, 0.6) is 5.75 Å². The summed E-state index contributed by atoms with van der Waals surface area (Å²) in [6.07, 6.45) is 1.81. The van der Waals surface area contributed by atoms with Crippen molar-refractivity contribution < 1.29 is 19.1 Å². The Morgan fingerprint density at radius 3 is 2.52 bits per heavy atom. The summed E-state index contributed by atoms with van der Waals surface area (Å²) < 4.78 is 9.97. The first-order valence-corrected chi connectivity index (χ1v) is 8.47. The quantitative estimate of drug-likeness (QED) is 0.681. The number of hydrogen-bond donors (Lipinski definition) is 1. The van der Waals surface area contributed by atoms with Crippen LogP contribution in [0.25, 0.3) is 10.9 Å². The van der Waals surface area contributed by atoms with Crippen molar-refractivity contribution >= 4 is 22.8 Å². The lowest BCUT2D eigenvalue weighted by Gasteiger charge is -2.17. The average molecular weight is 364 g/mol. The van der Waals surface area contributed by atoms with Crippen LogP contribution in [-0.2, 0) is 16.0 Å². The fourth-order valence-corrected chi connectivity index (χ4v) is 2.77. The molecular formula is C21H20N2O4. The third kappa shape index (κ3) is 4.41. The number of esters is 1. The van der Waals surface area contributed by atoms with Gasteiger partial charge < -0.3 is 14.8 Å². The predicted molar refractivity (Wildman–Crippen MR) is 102 cm³/mol. The molecular weight excluding hydrogens is 344 g/mol. The van der Waals surface area contributed by atoms with Crippen molar-refractivity contribution in [2.45, 2.75) is 12.5 Å². The summed E-state index contributed by atoms with van der Waals surface area (Å²) in [5.74, 6) is -0.162. The second-order valence-corrected chi connectivity index (χ2v) is 6.02. The minimum Gasteiger partial charge on any atom is -0.497 e. The number of carbonyl (C=O) groups excluding carboxylic acids is 2. The van der Waals surface area contributed by atoms with Gasteiger partial charge in [0.25, 0.3) is 5.91 Å². The standard InChI is InChI=1S/C21H20N2O4/c1-26-17-9-7-14(8-10-17)11-19(21(25)27-2)23-20(24)16-12-15-5-3-4-6-18(15)22-13-16/h3-10,12-13,19H,11H2,1-2H3,(H,23,24)/t19-/m1/s1. The predicted octanol–water partition coefficient (Wildman–Crippen LogP) is 2.76. The molecule has 27 heavy (non-hydrogen) atoms. The molecule has 0 spiro atoms. The molecule has 1 atom stereocenters. The van der Waals surface area contributed by atoms with E-state index < -0.39 is 12.0 Å². The minimum atomic E-state index is -0.803. The van der Waals surface area contributed by atoms with E-state index in [2.05, 4.69) is 10.3 Å². The van der Waals surface area contributed by atoms with Gasteiger partial charge in [0.05, 0.1) is 25.3 Å². The summed E-state index contributed by atoms with van der Waals surface area (Å²) in [6, 6.07) is 15.8. The highest BCUT2D eigenvalue weighted by molar-refractivity contribution is 5.99. The number of fused-ring (bicyclic) bond motifs is 1. The van der Waals surface area contributed by atoms with Crippen LogP contribution in [-0.4, -0.2) is 37.1 Å². The molecule has 6 nitrogen and oxygen atoms in total. The van der Waals surface area contributed by atoms with Crippen molar-refractivity contribution in [2.75, 3.05) is 14.2 Å². The van der Waals surface area contributed by atoms with E-state index in [9.17, 15) is 9.59 Å².